The zero-order chi connectivity index (χ0) is 15.5. The number of amides is 1. The van der Waals surface area contributed by atoms with E-state index in [1.807, 2.05) is 0 Å². The molecule has 0 aromatic heterocycles. The fourth-order valence-electron chi connectivity index (χ4n) is 2.62. The van der Waals surface area contributed by atoms with Gasteiger partial charge >= 0.3 is 6.18 Å². The van der Waals surface area contributed by atoms with Crippen LogP contribution in [-0.4, -0.2) is 29.3 Å². The Morgan fingerprint density at radius 3 is 2.48 bits per heavy atom. The van der Waals surface area contributed by atoms with E-state index in [9.17, 15) is 23.1 Å². The molecule has 116 valence electrons. The van der Waals surface area contributed by atoms with E-state index in [1.165, 1.54) is 0 Å². The second-order valence-corrected chi connectivity index (χ2v) is 5.40. The van der Waals surface area contributed by atoms with Crippen LogP contribution >= 0.6 is 0 Å². The number of hydrogen-bond donors (Lipinski definition) is 2. The quantitative estimate of drug-likeness (QED) is 0.897. The van der Waals surface area contributed by atoms with Crippen LogP contribution in [0.4, 0.5) is 13.2 Å². The van der Waals surface area contributed by atoms with Crippen LogP contribution in [0.15, 0.2) is 30.3 Å². The second-order valence-electron chi connectivity index (χ2n) is 5.40. The summed E-state index contributed by atoms with van der Waals surface area (Å²) in [5, 5.41) is 11.7. The molecule has 1 saturated carbocycles. The lowest BCUT2D eigenvalue weighted by atomic mass is 10.0. The molecule has 1 aromatic rings. The van der Waals surface area contributed by atoms with Crippen molar-refractivity contribution in [2.24, 2.45) is 5.92 Å². The van der Waals surface area contributed by atoms with E-state index in [4.69, 9.17) is 0 Å². The van der Waals surface area contributed by atoms with E-state index in [0.717, 1.165) is 0 Å². The lowest BCUT2D eigenvalue weighted by molar-refractivity contribution is -0.163. The highest BCUT2D eigenvalue weighted by atomic mass is 19.4. The molecule has 0 saturated heterocycles. The van der Waals surface area contributed by atoms with Crippen LogP contribution < -0.4 is 5.32 Å². The third-order valence-corrected chi connectivity index (χ3v) is 3.81. The van der Waals surface area contributed by atoms with Crippen LogP contribution in [0.1, 0.15) is 24.8 Å². The Bertz CT molecular complexity index is 476. The number of carbonyl (C=O) groups excluding carboxylic acids is 1. The van der Waals surface area contributed by atoms with Gasteiger partial charge in [0.05, 0.1) is 12.0 Å². The minimum Gasteiger partial charge on any atom is -0.392 e. The van der Waals surface area contributed by atoms with Gasteiger partial charge in [-0.2, -0.15) is 13.2 Å². The smallest absolute Gasteiger partial charge is 0.392 e. The first-order valence-corrected chi connectivity index (χ1v) is 6.97. The molecule has 0 radical (unpaired) electrons. The van der Waals surface area contributed by atoms with Gasteiger partial charge in [0.25, 0.3) is 0 Å². The van der Waals surface area contributed by atoms with E-state index in [2.05, 4.69) is 5.32 Å². The van der Waals surface area contributed by atoms with Gasteiger partial charge in [-0.25, -0.2) is 0 Å². The molecule has 0 heterocycles. The molecule has 1 amide bonds. The van der Waals surface area contributed by atoms with Crippen molar-refractivity contribution in [3.8, 4) is 0 Å². The van der Waals surface area contributed by atoms with Gasteiger partial charge in [-0.1, -0.05) is 30.3 Å². The van der Waals surface area contributed by atoms with Crippen molar-refractivity contribution in [1.82, 2.24) is 5.32 Å². The maximum atomic E-state index is 13.1. The Labute approximate surface area is 121 Å². The number of hydrogen-bond acceptors (Lipinski definition) is 2. The number of aliphatic hydroxyl groups excluding tert-OH is 1. The minimum atomic E-state index is -4.52. The van der Waals surface area contributed by atoms with Gasteiger partial charge in [0.1, 0.15) is 6.04 Å². The first-order chi connectivity index (χ1) is 9.88. The summed E-state index contributed by atoms with van der Waals surface area (Å²) in [5.41, 5.74) is 0.507. The van der Waals surface area contributed by atoms with Crippen molar-refractivity contribution in [3.05, 3.63) is 35.9 Å². The fourth-order valence-corrected chi connectivity index (χ4v) is 2.62. The molecular weight excluding hydrogens is 283 g/mol. The summed E-state index contributed by atoms with van der Waals surface area (Å²) in [6.07, 6.45) is -4.10. The average molecular weight is 301 g/mol. The van der Waals surface area contributed by atoms with Gasteiger partial charge in [0, 0.05) is 6.42 Å². The molecule has 3 unspecified atom stereocenters. The van der Waals surface area contributed by atoms with Crippen molar-refractivity contribution < 1.29 is 23.1 Å². The average Bonchev–Trinajstić information content (AvgIpc) is 2.84. The van der Waals surface area contributed by atoms with Gasteiger partial charge in [0.15, 0.2) is 0 Å². The van der Waals surface area contributed by atoms with Crippen molar-refractivity contribution in [2.45, 2.75) is 44.0 Å². The molecule has 21 heavy (non-hydrogen) atoms. The Hall–Kier alpha value is -1.56. The zero-order valence-corrected chi connectivity index (χ0v) is 11.4. The molecule has 6 heteroatoms. The summed E-state index contributed by atoms with van der Waals surface area (Å²) in [6.45, 7) is 0. The van der Waals surface area contributed by atoms with Gasteiger partial charge in [-0.15, -0.1) is 0 Å². The minimum absolute atomic E-state index is 0.307. The molecule has 0 bridgehead atoms. The zero-order valence-electron chi connectivity index (χ0n) is 11.4. The standard InChI is InChI=1S/C15H18F3NO2/c16-15(17,18)13(9-10-5-2-1-3-6-10)19-14(21)11-7-4-8-12(11)20/h1-3,5-6,11-13,20H,4,7-9H2,(H,19,21). The summed E-state index contributed by atoms with van der Waals surface area (Å²) >= 11 is 0. The van der Waals surface area contributed by atoms with Gasteiger partial charge in [0.2, 0.25) is 5.91 Å². The maximum absolute atomic E-state index is 13.1. The molecule has 1 aromatic carbocycles. The maximum Gasteiger partial charge on any atom is 0.408 e. The number of halogens is 3. The molecule has 3 atom stereocenters. The molecule has 1 aliphatic carbocycles. The van der Waals surface area contributed by atoms with Crippen molar-refractivity contribution >= 4 is 5.91 Å². The summed E-state index contributed by atoms with van der Waals surface area (Å²) in [6, 6.07) is 6.29. The third kappa shape index (κ3) is 4.20. The lowest BCUT2D eigenvalue weighted by Crippen LogP contribution is -2.49. The summed E-state index contributed by atoms with van der Waals surface area (Å²) in [4.78, 5) is 11.9. The molecule has 2 rings (SSSR count). The number of rotatable bonds is 4. The van der Waals surface area contributed by atoms with Crippen LogP contribution in [0.5, 0.6) is 0 Å². The Morgan fingerprint density at radius 1 is 1.29 bits per heavy atom. The predicted octanol–water partition coefficient (Wildman–Crippen LogP) is 2.44. The van der Waals surface area contributed by atoms with E-state index in [-0.39, 0.29) is 6.42 Å². The Balaban J connectivity index is 2.05. The Kier molecular flexibility index (Phi) is 4.88. The SMILES string of the molecule is O=C(NC(Cc1ccccc1)C(F)(F)F)C1CCCC1O. The molecule has 3 nitrogen and oxygen atoms in total. The van der Waals surface area contributed by atoms with Gasteiger partial charge < -0.3 is 10.4 Å². The topological polar surface area (TPSA) is 49.3 Å². The molecule has 1 fully saturated rings. The molecule has 1 aliphatic rings. The number of carbonyl (C=O) groups is 1. The van der Waals surface area contributed by atoms with Crippen molar-refractivity contribution in [1.29, 1.82) is 0 Å². The van der Waals surface area contributed by atoms with Crippen molar-refractivity contribution in [2.75, 3.05) is 0 Å². The first-order valence-electron chi connectivity index (χ1n) is 6.97. The highest BCUT2D eigenvalue weighted by molar-refractivity contribution is 5.80. The van der Waals surface area contributed by atoms with Crippen LogP contribution in [0, 0.1) is 5.92 Å². The first kappa shape index (κ1) is 15.8. The number of alkyl halides is 3. The molecular formula is C15H18F3NO2. The van der Waals surface area contributed by atoms with Crippen LogP contribution in [-0.2, 0) is 11.2 Å². The van der Waals surface area contributed by atoms with Gasteiger partial charge in [-0.05, 0) is 24.8 Å². The number of nitrogens with one attached hydrogen (secondary N) is 1. The van der Waals surface area contributed by atoms with Crippen LogP contribution in [0.25, 0.3) is 0 Å². The molecule has 0 spiro atoms. The highest BCUT2D eigenvalue weighted by Crippen LogP contribution is 2.28. The second kappa shape index (κ2) is 6.47. The van der Waals surface area contributed by atoms with E-state index in [1.54, 1.807) is 30.3 Å². The number of benzene rings is 1. The van der Waals surface area contributed by atoms with Crippen LogP contribution in [0.3, 0.4) is 0 Å². The fraction of sp³-hybridized carbons (Fsp3) is 0.533. The van der Waals surface area contributed by atoms with Crippen LogP contribution in [0.2, 0.25) is 0 Å². The summed E-state index contributed by atoms with van der Waals surface area (Å²) in [5.74, 6) is -1.44. The predicted molar refractivity (Wildman–Crippen MR) is 71.5 cm³/mol. The lowest BCUT2D eigenvalue weighted by Gasteiger charge is -2.24. The summed E-state index contributed by atoms with van der Waals surface area (Å²) < 4.78 is 39.2. The monoisotopic (exact) mass is 301 g/mol. The Morgan fingerprint density at radius 2 is 1.95 bits per heavy atom. The molecule has 2 N–H and O–H groups in total. The normalized spacial score (nSPS) is 23.8. The van der Waals surface area contributed by atoms with Crippen molar-refractivity contribution in [3.63, 3.8) is 0 Å². The third-order valence-electron chi connectivity index (χ3n) is 3.81. The molecule has 0 aliphatic heterocycles. The largest absolute Gasteiger partial charge is 0.408 e. The van der Waals surface area contributed by atoms with E-state index < -0.39 is 30.1 Å². The van der Waals surface area contributed by atoms with Gasteiger partial charge in [-0.3, -0.25) is 4.79 Å². The van der Waals surface area contributed by atoms with E-state index >= 15 is 0 Å². The number of aliphatic hydroxyl groups is 1. The summed E-state index contributed by atoms with van der Waals surface area (Å²) in [7, 11) is 0. The van der Waals surface area contributed by atoms with E-state index in [0.29, 0.717) is 24.8 Å². The highest BCUT2D eigenvalue weighted by Gasteiger charge is 2.42.